The van der Waals surface area contributed by atoms with Crippen molar-refractivity contribution in [3.63, 3.8) is 0 Å². The number of hydrogen-bond acceptors (Lipinski definition) is 1. The summed E-state index contributed by atoms with van der Waals surface area (Å²) in [5.74, 6) is 1.69. The lowest BCUT2D eigenvalue weighted by atomic mass is 9.77. The van der Waals surface area contributed by atoms with Gasteiger partial charge in [-0.2, -0.15) is 0 Å². The molecule has 1 saturated carbocycles. The molecule has 2 heteroatoms. The van der Waals surface area contributed by atoms with E-state index < -0.39 is 0 Å². The van der Waals surface area contributed by atoms with Gasteiger partial charge in [0.2, 0.25) is 0 Å². The van der Waals surface area contributed by atoms with Gasteiger partial charge >= 0.3 is 0 Å². The minimum Gasteiger partial charge on any atom is -0.313 e. The minimum atomic E-state index is 0.486. The van der Waals surface area contributed by atoms with E-state index >= 15 is 0 Å². The van der Waals surface area contributed by atoms with E-state index in [-0.39, 0.29) is 0 Å². The third-order valence-electron chi connectivity index (χ3n) is 4.07. The summed E-state index contributed by atoms with van der Waals surface area (Å²) in [6.07, 6.45) is 5.43. The Bertz CT molecular complexity index is 338. The Morgan fingerprint density at radius 3 is 2.24 bits per heavy atom. The van der Waals surface area contributed by atoms with Crippen LogP contribution in [0.1, 0.15) is 44.2 Å². The molecular formula is C15H22ClN. The molecule has 1 fully saturated rings. The summed E-state index contributed by atoms with van der Waals surface area (Å²) in [5.41, 5.74) is 1.37. The molecule has 0 spiro atoms. The average Bonchev–Trinajstić information content (AvgIpc) is 2.35. The number of hydrogen-bond donors (Lipinski definition) is 1. The SMILES string of the molecule is CNC(c1ccc(Cl)cc1)C1CCC(C)CC1. The molecule has 1 aliphatic rings. The van der Waals surface area contributed by atoms with Crippen molar-refractivity contribution in [3.05, 3.63) is 34.9 Å². The van der Waals surface area contributed by atoms with Crippen LogP contribution in [0.25, 0.3) is 0 Å². The monoisotopic (exact) mass is 251 g/mol. The zero-order valence-electron chi connectivity index (χ0n) is 10.7. The lowest BCUT2D eigenvalue weighted by molar-refractivity contribution is 0.238. The molecule has 1 aliphatic carbocycles. The summed E-state index contributed by atoms with van der Waals surface area (Å²) in [5, 5.41) is 4.30. The smallest absolute Gasteiger partial charge is 0.0406 e. The molecule has 1 nitrogen and oxygen atoms in total. The zero-order chi connectivity index (χ0) is 12.3. The van der Waals surface area contributed by atoms with Crippen LogP contribution in [0.4, 0.5) is 0 Å². The van der Waals surface area contributed by atoms with Gasteiger partial charge in [-0.05, 0) is 49.4 Å². The van der Waals surface area contributed by atoms with Gasteiger partial charge in [-0.25, -0.2) is 0 Å². The second kappa shape index (κ2) is 5.88. The highest BCUT2D eigenvalue weighted by Crippen LogP contribution is 2.36. The van der Waals surface area contributed by atoms with Gasteiger partial charge in [0, 0.05) is 11.1 Å². The molecule has 0 radical (unpaired) electrons. The Kier molecular flexibility index (Phi) is 4.47. The van der Waals surface area contributed by atoms with Gasteiger partial charge in [0.15, 0.2) is 0 Å². The second-order valence-electron chi connectivity index (χ2n) is 5.34. The molecule has 1 unspecified atom stereocenters. The summed E-state index contributed by atoms with van der Waals surface area (Å²) in [6, 6.07) is 8.78. The Balaban J connectivity index is 2.08. The van der Waals surface area contributed by atoms with E-state index in [1.165, 1.54) is 31.2 Å². The molecule has 0 bridgehead atoms. The Morgan fingerprint density at radius 2 is 1.71 bits per heavy atom. The molecule has 0 amide bonds. The van der Waals surface area contributed by atoms with Crippen LogP contribution < -0.4 is 5.32 Å². The summed E-state index contributed by atoms with van der Waals surface area (Å²) in [6.45, 7) is 2.37. The number of nitrogens with one attached hydrogen (secondary N) is 1. The predicted molar refractivity (Wildman–Crippen MR) is 74.4 cm³/mol. The maximum atomic E-state index is 5.94. The first-order valence-electron chi connectivity index (χ1n) is 6.63. The van der Waals surface area contributed by atoms with E-state index in [1.807, 2.05) is 12.1 Å². The lowest BCUT2D eigenvalue weighted by Crippen LogP contribution is -2.28. The highest BCUT2D eigenvalue weighted by Gasteiger charge is 2.25. The average molecular weight is 252 g/mol. The second-order valence-corrected chi connectivity index (χ2v) is 5.77. The Morgan fingerprint density at radius 1 is 1.12 bits per heavy atom. The van der Waals surface area contributed by atoms with E-state index in [0.717, 1.165) is 16.9 Å². The lowest BCUT2D eigenvalue weighted by Gasteiger charge is -2.33. The molecule has 1 N–H and O–H groups in total. The highest BCUT2D eigenvalue weighted by atomic mass is 35.5. The molecule has 0 saturated heterocycles. The molecule has 2 rings (SSSR count). The fourth-order valence-electron chi connectivity index (χ4n) is 2.96. The normalized spacial score (nSPS) is 26.8. The van der Waals surface area contributed by atoms with Crippen molar-refractivity contribution in [2.75, 3.05) is 7.05 Å². The van der Waals surface area contributed by atoms with Gasteiger partial charge in [-0.3, -0.25) is 0 Å². The number of rotatable bonds is 3. The van der Waals surface area contributed by atoms with Crippen molar-refractivity contribution in [3.8, 4) is 0 Å². The summed E-state index contributed by atoms with van der Waals surface area (Å²) in [7, 11) is 2.07. The van der Waals surface area contributed by atoms with Crippen LogP contribution in [0.15, 0.2) is 24.3 Å². The molecule has 1 atom stereocenters. The largest absolute Gasteiger partial charge is 0.313 e. The molecule has 1 aromatic rings. The Labute approximate surface area is 110 Å². The zero-order valence-corrected chi connectivity index (χ0v) is 11.5. The molecule has 0 aliphatic heterocycles. The van der Waals surface area contributed by atoms with Gasteiger partial charge < -0.3 is 5.32 Å². The quantitative estimate of drug-likeness (QED) is 0.838. The van der Waals surface area contributed by atoms with E-state index in [2.05, 4.69) is 31.4 Å². The standard InChI is InChI=1S/C15H22ClN/c1-11-3-5-12(6-4-11)15(17-2)13-7-9-14(16)10-8-13/h7-12,15,17H,3-6H2,1-2H3. The van der Waals surface area contributed by atoms with Gasteiger partial charge in [-0.15, -0.1) is 0 Å². The third-order valence-corrected chi connectivity index (χ3v) is 4.32. The first kappa shape index (κ1) is 12.9. The van der Waals surface area contributed by atoms with Crippen LogP contribution in [0, 0.1) is 11.8 Å². The van der Waals surface area contributed by atoms with Crippen molar-refractivity contribution in [1.29, 1.82) is 0 Å². The van der Waals surface area contributed by atoms with E-state index in [4.69, 9.17) is 11.6 Å². The van der Waals surface area contributed by atoms with E-state index in [9.17, 15) is 0 Å². The van der Waals surface area contributed by atoms with E-state index in [1.54, 1.807) is 0 Å². The molecule has 17 heavy (non-hydrogen) atoms. The molecule has 94 valence electrons. The van der Waals surface area contributed by atoms with Gasteiger partial charge in [-0.1, -0.05) is 43.5 Å². The fourth-order valence-corrected chi connectivity index (χ4v) is 3.09. The number of halogens is 1. The Hall–Kier alpha value is -0.530. The van der Waals surface area contributed by atoms with Crippen LogP contribution in [0.2, 0.25) is 5.02 Å². The molecule has 0 heterocycles. The topological polar surface area (TPSA) is 12.0 Å². The first-order valence-corrected chi connectivity index (χ1v) is 7.01. The van der Waals surface area contributed by atoms with Crippen LogP contribution in [0.3, 0.4) is 0 Å². The first-order chi connectivity index (χ1) is 8.20. The van der Waals surface area contributed by atoms with Crippen molar-refractivity contribution in [2.24, 2.45) is 11.8 Å². The fraction of sp³-hybridized carbons (Fsp3) is 0.600. The highest BCUT2D eigenvalue weighted by molar-refractivity contribution is 6.30. The van der Waals surface area contributed by atoms with Crippen molar-refractivity contribution >= 4 is 11.6 Å². The van der Waals surface area contributed by atoms with Gasteiger partial charge in [0.05, 0.1) is 0 Å². The summed E-state index contributed by atoms with van der Waals surface area (Å²) < 4.78 is 0. The maximum absolute atomic E-state index is 5.94. The van der Waals surface area contributed by atoms with Crippen molar-refractivity contribution in [1.82, 2.24) is 5.32 Å². The number of benzene rings is 1. The maximum Gasteiger partial charge on any atom is 0.0406 e. The van der Waals surface area contributed by atoms with Crippen LogP contribution in [-0.4, -0.2) is 7.05 Å². The van der Waals surface area contributed by atoms with Crippen LogP contribution >= 0.6 is 11.6 Å². The van der Waals surface area contributed by atoms with Gasteiger partial charge in [0.1, 0.15) is 0 Å². The molecule has 0 aromatic heterocycles. The van der Waals surface area contributed by atoms with Crippen LogP contribution in [0.5, 0.6) is 0 Å². The van der Waals surface area contributed by atoms with Gasteiger partial charge in [0.25, 0.3) is 0 Å². The minimum absolute atomic E-state index is 0.486. The molecule has 1 aromatic carbocycles. The van der Waals surface area contributed by atoms with Crippen molar-refractivity contribution < 1.29 is 0 Å². The summed E-state index contributed by atoms with van der Waals surface area (Å²) >= 11 is 5.94. The molecular weight excluding hydrogens is 230 g/mol. The predicted octanol–water partition coefficient (Wildman–Crippen LogP) is 4.43. The van der Waals surface area contributed by atoms with E-state index in [0.29, 0.717) is 6.04 Å². The summed E-state index contributed by atoms with van der Waals surface area (Å²) in [4.78, 5) is 0. The van der Waals surface area contributed by atoms with Crippen LogP contribution in [-0.2, 0) is 0 Å². The van der Waals surface area contributed by atoms with Crippen molar-refractivity contribution in [2.45, 2.75) is 38.6 Å². The third kappa shape index (κ3) is 3.23.